The van der Waals surface area contributed by atoms with Gasteiger partial charge in [-0.25, -0.2) is 0 Å². The van der Waals surface area contributed by atoms with Crippen LogP contribution in [0.5, 0.6) is 0 Å². The molecule has 0 aliphatic carbocycles. The number of allylic oxidation sites excluding steroid dienone is 9. The molecular weight excluding hydrogens is 759 g/mol. The molecular formula is C58H107NO3. The maximum Gasteiger partial charge on any atom is 0.220 e. The highest BCUT2D eigenvalue weighted by molar-refractivity contribution is 5.76. The number of aliphatic hydroxyl groups is 2. The fourth-order valence-electron chi connectivity index (χ4n) is 8.25. The minimum Gasteiger partial charge on any atom is -0.394 e. The Morgan fingerprint density at radius 1 is 0.387 bits per heavy atom. The zero-order valence-corrected chi connectivity index (χ0v) is 41.6. The molecule has 0 bridgehead atoms. The van der Waals surface area contributed by atoms with Crippen molar-refractivity contribution in [1.29, 1.82) is 0 Å². The van der Waals surface area contributed by atoms with Gasteiger partial charge < -0.3 is 15.5 Å². The third kappa shape index (κ3) is 49.1. The molecule has 0 aromatic heterocycles. The summed E-state index contributed by atoms with van der Waals surface area (Å²) in [6.07, 6.45) is 75.5. The van der Waals surface area contributed by atoms with Crippen LogP contribution in [0.25, 0.3) is 0 Å². The van der Waals surface area contributed by atoms with Gasteiger partial charge in [-0.05, 0) is 70.6 Å². The molecule has 362 valence electrons. The Hall–Kier alpha value is -1.91. The van der Waals surface area contributed by atoms with Crippen molar-refractivity contribution >= 4 is 5.91 Å². The lowest BCUT2D eigenvalue weighted by molar-refractivity contribution is -0.123. The van der Waals surface area contributed by atoms with Gasteiger partial charge in [0, 0.05) is 6.42 Å². The molecule has 0 aliphatic heterocycles. The highest BCUT2D eigenvalue weighted by Crippen LogP contribution is 2.16. The van der Waals surface area contributed by atoms with Gasteiger partial charge in [-0.1, -0.05) is 267 Å². The van der Waals surface area contributed by atoms with Crippen LogP contribution >= 0.6 is 0 Å². The number of unbranched alkanes of at least 4 members (excludes halogenated alkanes) is 35. The SMILES string of the molecule is CCC/C=C/CC/C=C/CC/C=C/C(O)C(CO)NC(=O)CCCCCCCCCCCCCCCCCCC/C=C\C/C=C\CCCCCCCCCCCCCCCCC. The Labute approximate surface area is 387 Å². The van der Waals surface area contributed by atoms with Gasteiger partial charge in [0.15, 0.2) is 0 Å². The van der Waals surface area contributed by atoms with E-state index in [1.807, 2.05) is 6.08 Å². The van der Waals surface area contributed by atoms with E-state index in [1.165, 1.54) is 212 Å². The molecule has 3 N–H and O–H groups in total. The van der Waals surface area contributed by atoms with Crippen molar-refractivity contribution in [2.75, 3.05) is 6.61 Å². The fourth-order valence-corrected chi connectivity index (χ4v) is 8.25. The van der Waals surface area contributed by atoms with E-state index in [2.05, 4.69) is 67.8 Å². The predicted octanol–water partition coefficient (Wildman–Crippen LogP) is 18.0. The lowest BCUT2D eigenvalue weighted by Gasteiger charge is -2.19. The van der Waals surface area contributed by atoms with Gasteiger partial charge in [-0.2, -0.15) is 0 Å². The monoisotopic (exact) mass is 866 g/mol. The highest BCUT2D eigenvalue weighted by atomic mass is 16.3. The Bertz CT molecular complexity index is 1030. The summed E-state index contributed by atoms with van der Waals surface area (Å²) in [6.45, 7) is 4.23. The first-order valence-corrected chi connectivity index (χ1v) is 27.5. The number of hydrogen-bond acceptors (Lipinski definition) is 3. The number of hydrogen-bond donors (Lipinski definition) is 3. The van der Waals surface area contributed by atoms with Gasteiger partial charge in [0.25, 0.3) is 0 Å². The molecule has 1 amide bonds. The normalized spacial score (nSPS) is 13.3. The molecule has 0 radical (unpaired) electrons. The second kappa shape index (κ2) is 53.4. The summed E-state index contributed by atoms with van der Waals surface area (Å²) < 4.78 is 0. The minimum absolute atomic E-state index is 0.0789. The Morgan fingerprint density at radius 3 is 1.08 bits per heavy atom. The van der Waals surface area contributed by atoms with Crippen molar-refractivity contribution in [3.63, 3.8) is 0 Å². The van der Waals surface area contributed by atoms with Crippen molar-refractivity contribution in [3.8, 4) is 0 Å². The maximum atomic E-state index is 12.4. The van der Waals surface area contributed by atoms with Crippen LogP contribution in [0.15, 0.2) is 60.8 Å². The number of aliphatic hydroxyl groups excluding tert-OH is 2. The van der Waals surface area contributed by atoms with Gasteiger partial charge in [0.2, 0.25) is 5.91 Å². The zero-order chi connectivity index (χ0) is 44.9. The Kier molecular flexibility index (Phi) is 51.8. The summed E-state index contributed by atoms with van der Waals surface area (Å²) >= 11 is 0. The van der Waals surface area contributed by atoms with Crippen LogP contribution in [0.1, 0.15) is 284 Å². The van der Waals surface area contributed by atoms with Crippen molar-refractivity contribution in [2.45, 2.75) is 296 Å². The molecule has 0 heterocycles. The molecule has 0 spiro atoms. The molecule has 4 nitrogen and oxygen atoms in total. The average molecular weight is 866 g/mol. The molecule has 0 saturated heterocycles. The fraction of sp³-hybridized carbons (Fsp3) is 0.810. The van der Waals surface area contributed by atoms with E-state index in [1.54, 1.807) is 6.08 Å². The van der Waals surface area contributed by atoms with E-state index in [9.17, 15) is 15.0 Å². The Balaban J connectivity index is 3.42. The molecule has 62 heavy (non-hydrogen) atoms. The lowest BCUT2D eigenvalue weighted by atomic mass is 10.0. The summed E-state index contributed by atoms with van der Waals surface area (Å²) in [6, 6.07) is -0.645. The van der Waals surface area contributed by atoms with Crippen LogP contribution in [0.4, 0.5) is 0 Å². The molecule has 4 heteroatoms. The molecule has 0 aromatic carbocycles. The summed E-state index contributed by atoms with van der Waals surface area (Å²) in [4.78, 5) is 12.4. The predicted molar refractivity (Wildman–Crippen MR) is 276 cm³/mol. The van der Waals surface area contributed by atoms with Gasteiger partial charge in [-0.3, -0.25) is 4.79 Å². The van der Waals surface area contributed by atoms with E-state index in [0.29, 0.717) is 6.42 Å². The highest BCUT2D eigenvalue weighted by Gasteiger charge is 2.18. The molecule has 2 atom stereocenters. The van der Waals surface area contributed by atoms with Crippen LogP contribution in [0.2, 0.25) is 0 Å². The number of carbonyl (C=O) groups is 1. The van der Waals surface area contributed by atoms with Crippen LogP contribution in [0, 0.1) is 0 Å². The summed E-state index contributed by atoms with van der Waals surface area (Å²) in [7, 11) is 0. The zero-order valence-electron chi connectivity index (χ0n) is 41.6. The first-order chi connectivity index (χ1) is 30.7. The summed E-state index contributed by atoms with van der Waals surface area (Å²) in [5, 5.41) is 22.9. The van der Waals surface area contributed by atoms with Crippen molar-refractivity contribution in [2.24, 2.45) is 0 Å². The van der Waals surface area contributed by atoms with Gasteiger partial charge in [-0.15, -0.1) is 0 Å². The first-order valence-electron chi connectivity index (χ1n) is 27.5. The second-order valence-electron chi connectivity index (χ2n) is 18.6. The molecule has 0 aliphatic rings. The van der Waals surface area contributed by atoms with E-state index in [-0.39, 0.29) is 12.5 Å². The number of carbonyl (C=O) groups excluding carboxylic acids is 1. The smallest absolute Gasteiger partial charge is 0.220 e. The van der Waals surface area contributed by atoms with E-state index in [0.717, 1.165) is 51.4 Å². The maximum absolute atomic E-state index is 12.4. The molecule has 2 unspecified atom stereocenters. The van der Waals surface area contributed by atoms with Crippen LogP contribution < -0.4 is 5.32 Å². The largest absolute Gasteiger partial charge is 0.394 e. The third-order valence-electron chi connectivity index (χ3n) is 12.4. The van der Waals surface area contributed by atoms with Crippen molar-refractivity contribution in [3.05, 3.63) is 60.8 Å². The van der Waals surface area contributed by atoms with E-state index < -0.39 is 12.1 Å². The molecule has 0 saturated carbocycles. The van der Waals surface area contributed by atoms with Gasteiger partial charge >= 0.3 is 0 Å². The molecule has 0 aromatic rings. The minimum atomic E-state index is -0.869. The number of rotatable bonds is 50. The van der Waals surface area contributed by atoms with Crippen LogP contribution in [0.3, 0.4) is 0 Å². The van der Waals surface area contributed by atoms with Crippen LogP contribution in [-0.2, 0) is 4.79 Å². The summed E-state index contributed by atoms with van der Waals surface area (Å²) in [5.74, 6) is -0.0789. The lowest BCUT2D eigenvalue weighted by Crippen LogP contribution is -2.45. The van der Waals surface area contributed by atoms with Crippen molar-refractivity contribution in [1.82, 2.24) is 5.32 Å². The number of nitrogens with one attached hydrogen (secondary N) is 1. The number of amides is 1. The summed E-state index contributed by atoms with van der Waals surface area (Å²) in [5.41, 5.74) is 0. The first kappa shape index (κ1) is 60.1. The molecule has 0 rings (SSSR count). The van der Waals surface area contributed by atoms with E-state index >= 15 is 0 Å². The Morgan fingerprint density at radius 2 is 0.710 bits per heavy atom. The molecule has 0 fully saturated rings. The van der Waals surface area contributed by atoms with Crippen molar-refractivity contribution < 1.29 is 15.0 Å². The van der Waals surface area contributed by atoms with Gasteiger partial charge in [0.05, 0.1) is 18.8 Å². The van der Waals surface area contributed by atoms with Crippen LogP contribution in [-0.4, -0.2) is 34.9 Å². The second-order valence-corrected chi connectivity index (χ2v) is 18.6. The van der Waals surface area contributed by atoms with E-state index in [4.69, 9.17) is 0 Å². The average Bonchev–Trinajstić information content (AvgIpc) is 3.28. The van der Waals surface area contributed by atoms with Gasteiger partial charge in [0.1, 0.15) is 0 Å². The topological polar surface area (TPSA) is 69.6 Å². The standard InChI is InChI=1S/C58H107NO3/c1-3-5-7-9-11-13-15-16-17-18-19-20-21-22-23-24-25-26-27-28-29-30-31-32-33-34-35-36-37-38-39-40-41-42-44-46-48-50-52-54-58(62)59-56(55-60)57(61)53-51-49-47-45-43-14-12-10-8-6-4-2/h8,10,25-26,28-29,43,45,51,53,56-57,60-61H,3-7,9,11-24,27,30-42,44,46-50,52,54-55H2,1-2H3,(H,59,62)/b10-8+,26-25-,29-28-,45-43+,53-51+. The quantitative estimate of drug-likeness (QED) is 0.0421. The third-order valence-corrected chi connectivity index (χ3v) is 12.4.